The lowest BCUT2D eigenvalue weighted by molar-refractivity contribution is -0.115. The molecule has 1 heterocycles. The molecular formula is C13H18N2O2. The highest BCUT2D eigenvalue weighted by atomic mass is 16.2. The molecule has 4 nitrogen and oxygen atoms in total. The Morgan fingerprint density at radius 2 is 1.88 bits per heavy atom. The van der Waals surface area contributed by atoms with Gasteiger partial charge >= 0.3 is 6.03 Å². The Hall–Kier alpha value is -2.10. The normalized spacial score (nSPS) is 17.6. The van der Waals surface area contributed by atoms with Crippen LogP contribution in [0, 0.1) is 0 Å². The van der Waals surface area contributed by atoms with Crippen molar-refractivity contribution in [1.82, 2.24) is 10.6 Å². The molecule has 0 aromatic rings. The van der Waals surface area contributed by atoms with Crippen molar-refractivity contribution in [2.45, 2.75) is 20.8 Å². The summed E-state index contributed by atoms with van der Waals surface area (Å²) in [6.45, 7) is 9.43. The third-order valence-electron chi connectivity index (χ3n) is 1.70. The number of hydrogen-bond donors (Lipinski definition) is 2. The van der Waals surface area contributed by atoms with Crippen molar-refractivity contribution in [3.05, 3.63) is 48.2 Å². The molecule has 0 radical (unpaired) electrons. The molecule has 1 fully saturated rings. The summed E-state index contributed by atoms with van der Waals surface area (Å²) in [4.78, 5) is 22.0. The lowest BCUT2D eigenvalue weighted by Crippen LogP contribution is -2.22. The molecule has 1 aliphatic heterocycles. The second kappa shape index (κ2) is 8.10. The van der Waals surface area contributed by atoms with Crippen LogP contribution in [0.5, 0.6) is 0 Å². The Labute approximate surface area is 102 Å². The molecule has 4 heteroatoms. The van der Waals surface area contributed by atoms with Gasteiger partial charge < -0.3 is 5.32 Å². The van der Waals surface area contributed by atoms with Gasteiger partial charge in [-0.3, -0.25) is 10.1 Å². The second-order valence-electron chi connectivity index (χ2n) is 2.87. The Morgan fingerprint density at radius 1 is 1.24 bits per heavy atom. The van der Waals surface area contributed by atoms with Crippen molar-refractivity contribution in [3.8, 4) is 0 Å². The van der Waals surface area contributed by atoms with Crippen LogP contribution in [0.25, 0.3) is 0 Å². The molecule has 1 rings (SSSR count). The molecule has 0 aromatic carbocycles. The molecule has 2 N–H and O–H groups in total. The molecule has 0 aliphatic carbocycles. The average Bonchev–Trinajstić information content (AvgIpc) is 2.61. The maximum Gasteiger partial charge on any atom is 0.326 e. The van der Waals surface area contributed by atoms with Crippen LogP contribution in [0.1, 0.15) is 20.8 Å². The Kier molecular flexibility index (Phi) is 7.10. The third-order valence-corrected chi connectivity index (χ3v) is 1.70. The van der Waals surface area contributed by atoms with Gasteiger partial charge in [-0.2, -0.15) is 0 Å². The summed E-state index contributed by atoms with van der Waals surface area (Å²) < 4.78 is 0. The molecule has 1 saturated heterocycles. The summed E-state index contributed by atoms with van der Waals surface area (Å²) in [6.07, 6.45) is 8.58. The minimum absolute atomic E-state index is 0.242. The van der Waals surface area contributed by atoms with Gasteiger partial charge in [0.1, 0.15) is 5.70 Å². The average molecular weight is 234 g/mol. The zero-order valence-electron chi connectivity index (χ0n) is 10.4. The minimum Gasteiger partial charge on any atom is -0.303 e. The van der Waals surface area contributed by atoms with Gasteiger partial charge in [-0.15, -0.1) is 0 Å². The molecule has 0 saturated carbocycles. The van der Waals surface area contributed by atoms with Crippen LogP contribution in [0.4, 0.5) is 4.79 Å². The minimum atomic E-state index is -0.496. The monoisotopic (exact) mass is 234 g/mol. The number of allylic oxidation sites excluding steroid dienone is 6. The fraction of sp³-hybridized carbons (Fsp3) is 0.231. The Morgan fingerprint density at radius 3 is 2.29 bits per heavy atom. The third kappa shape index (κ3) is 4.97. The largest absolute Gasteiger partial charge is 0.326 e. The van der Waals surface area contributed by atoms with Crippen molar-refractivity contribution in [2.75, 3.05) is 0 Å². The van der Waals surface area contributed by atoms with Gasteiger partial charge in [0.05, 0.1) is 0 Å². The number of rotatable bonds is 3. The number of nitrogens with one attached hydrogen (secondary N) is 2. The van der Waals surface area contributed by atoms with Crippen LogP contribution in [-0.2, 0) is 4.79 Å². The van der Waals surface area contributed by atoms with E-state index in [1.807, 2.05) is 32.9 Å². The molecule has 0 aromatic heterocycles. The zero-order valence-corrected chi connectivity index (χ0v) is 10.4. The van der Waals surface area contributed by atoms with Crippen LogP contribution in [0.2, 0.25) is 0 Å². The van der Waals surface area contributed by atoms with E-state index in [0.29, 0.717) is 0 Å². The summed E-state index contributed by atoms with van der Waals surface area (Å²) in [5.41, 5.74) is 1.03. The second-order valence-corrected chi connectivity index (χ2v) is 2.87. The predicted octanol–water partition coefficient (Wildman–Crippen LogP) is 2.42. The van der Waals surface area contributed by atoms with E-state index in [9.17, 15) is 9.59 Å². The van der Waals surface area contributed by atoms with Crippen LogP contribution < -0.4 is 10.6 Å². The van der Waals surface area contributed by atoms with Crippen molar-refractivity contribution in [2.24, 2.45) is 0 Å². The number of carbonyl (C=O) groups is 2. The zero-order chi connectivity index (χ0) is 13.3. The van der Waals surface area contributed by atoms with Gasteiger partial charge in [0, 0.05) is 0 Å². The van der Waals surface area contributed by atoms with E-state index >= 15 is 0 Å². The van der Waals surface area contributed by atoms with Crippen molar-refractivity contribution in [1.29, 1.82) is 0 Å². The van der Waals surface area contributed by atoms with E-state index in [1.165, 1.54) is 0 Å². The number of imide groups is 1. The SMILES string of the molecule is C=C/C=C(\C=C/C)/C=C1/NC(=O)NC1=O.CC. The highest BCUT2D eigenvalue weighted by Crippen LogP contribution is 2.06. The standard InChI is InChI=1S/C11H12N2O2.C2H6/c1-3-5-8(6-4-2)7-9-10(14)13-11(15)12-9;1-2/h3-7H,1H2,2H3,(H2,12,13,14,15);1-2H3/b6-4-,8-5+,9-7+;. The molecule has 17 heavy (non-hydrogen) atoms. The van der Waals surface area contributed by atoms with Gasteiger partial charge in [-0.1, -0.05) is 44.7 Å². The van der Waals surface area contributed by atoms with Gasteiger partial charge in [-0.25, -0.2) is 4.79 Å². The maximum atomic E-state index is 11.2. The van der Waals surface area contributed by atoms with E-state index in [-0.39, 0.29) is 5.70 Å². The molecule has 0 unspecified atom stereocenters. The molecule has 0 bridgehead atoms. The van der Waals surface area contributed by atoms with Gasteiger partial charge in [-0.05, 0) is 18.6 Å². The van der Waals surface area contributed by atoms with E-state index < -0.39 is 11.9 Å². The predicted molar refractivity (Wildman–Crippen MR) is 69.2 cm³/mol. The van der Waals surface area contributed by atoms with E-state index in [2.05, 4.69) is 17.2 Å². The first-order valence-corrected chi connectivity index (χ1v) is 5.47. The van der Waals surface area contributed by atoms with Crippen LogP contribution >= 0.6 is 0 Å². The van der Waals surface area contributed by atoms with Crippen LogP contribution in [-0.4, -0.2) is 11.9 Å². The quantitative estimate of drug-likeness (QED) is 0.447. The van der Waals surface area contributed by atoms with E-state index in [4.69, 9.17) is 0 Å². The summed E-state index contributed by atoms with van der Waals surface area (Å²) >= 11 is 0. The van der Waals surface area contributed by atoms with Crippen molar-refractivity contribution in [3.63, 3.8) is 0 Å². The Balaban J connectivity index is 0.00000121. The summed E-state index contributed by atoms with van der Waals surface area (Å²) in [6, 6.07) is -0.496. The first kappa shape index (κ1) is 14.9. The summed E-state index contributed by atoms with van der Waals surface area (Å²) in [7, 11) is 0. The molecule has 3 amide bonds. The van der Waals surface area contributed by atoms with E-state index in [0.717, 1.165) is 5.57 Å². The van der Waals surface area contributed by atoms with Gasteiger partial charge in [0.2, 0.25) is 0 Å². The summed E-state index contributed by atoms with van der Waals surface area (Å²) in [5, 5.41) is 4.53. The maximum absolute atomic E-state index is 11.2. The van der Waals surface area contributed by atoms with Gasteiger partial charge in [0.15, 0.2) is 0 Å². The number of amides is 3. The fourth-order valence-corrected chi connectivity index (χ4v) is 1.13. The number of hydrogen-bond acceptors (Lipinski definition) is 2. The molecule has 1 aliphatic rings. The first-order valence-electron chi connectivity index (χ1n) is 5.47. The van der Waals surface area contributed by atoms with Crippen LogP contribution in [0.15, 0.2) is 48.2 Å². The molecular weight excluding hydrogens is 216 g/mol. The molecule has 0 spiro atoms. The van der Waals surface area contributed by atoms with Crippen molar-refractivity contribution >= 4 is 11.9 Å². The van der Waals surface area contributed by atoms with Gasteiger partial charge in [0.25, 0.3) is 5.91 Å². The van der Waals surface area contributed by atoms with E-state index in [1.54, 1.807) is 18.2 Å². The lowest BCUT2D eigenvalue weighted by Gasteiger charge is -1.95. The highest BCUT2D eigenvalue weighted by molar-refractivity contribution is 6.11. The van der Waals surface area contributed by atoms with Crippen molar-refractivity contribution < 1.29 is 9.59 Å². The summed E-state index contributed by atoms with van der Waals surface area (Å²) in [5.74, 6) is -0.417. The Bertz CT molecular complexity index is 390. The number of carbonyl (C=O) groups excluding carboxylic acids is 2. The first-order chi connectivity index (χ1) is 8.17. The highest BCUT2D eigenvalue weighted by Gasteiger charge is 2.22. The van der Waals surface area contributed by atoms with Crippen LogP contribution in [0.3, 0.4) is 0 Å². The molecule has 0 atom stereocenters. The molecule has 92 valence electrons. The number of urea groups is 1. The topological polar surface area (TPSA) is 58.2 Å². The smallest absolute Gasteiger partial charge is 0.303 e. The lowest BCUT2D eigenvalue weighted by atomic mass is 10.2. The fourth-order valence-electron chi connectivity index (χ4n) is 1.13.